The van der Waals surface area contributed by atoms with Gasteiger partial charge in [-0.3, -0.25) is 14.6 Å². The summed E-state index contributed by atoms with van der Waals surface area (Å²) < 4.78 is 5.80. The number of carboxylic acids is 1. The summed E-state index contributed by atoms with van der Waals surface area (Å²) in [6.07, 6.45) is 3.74. The standard InChI is InChI=1S/C16H32N2O3/c1-5-16(6-2,7-3)13-18-8-9-21-14(11-18)10-17(4)12-15(19)20/h14H,5-13H2,1-4H3,(H,19,20). The number of hydrogen-bond donors (Lipinski definition) is 1. The molecule has 0 amide bonds. The highest BCUT2D eigenvalue weighted by atomic mass is 16.5. The van der Waals surface area contributed by atoms with Gasteiger partial charge in [0.1, 0.15) is 0 Å². The van der Waals surface area contributed by atoms with Crippen molar-refractivity contribution in [3.05, 3.63) is 0 Å². The summed E-state index contributed by atoms with van der Waals surface area (Å²) in [6.45, 7) is 11.4. The SMILES string of the molecule is CCC(CC)(CC)CN1CCOC(CN(C)CC(=O)O)C1. The van der Waals surface area contributed by atoms with E-state index in [1.54, 1.807) is 0 Å². The minimum absolute atomic E-state index is 0.0721. The third-order valence-electron chi connectivity index (χ3n) is 4.95. The summed E-state index contributed by atoms with van der Waals surface area (Å²) in [5.74, 6) is -0.785. The highest BCUT2D eigenvalue weighted by Crippen LogP contribution is 2.31. The zero-order chi connectivity index (χ0) is 15.9. The third kappa shape index (κ3) is 5.93. The number of rotatable bonds is 9. The van der Waals surface area contributed by atoms with Gasteiger partial charge in [-0.25, -0.2) is 0 Å². The Hall–Kier alpha value is -0.650. The van der Waals surface area contributed by atoms with Crippen LogP contribution in [0.3, 0.4) is 0 Å². The van der Waals surface area contributed by atoms with E-state index >= 15 is 0 Å². The predicted molar refractivity (Wildman–Crippen MR) is 84.6 cm³/mol. The lowest BCUT2D eigenvalue weighted by atomic mass is 9.79. The number of nitrogens with zero attached hydrogens (tertiary/aromatic N) is 2. The van der Waals surface area contributed by atoms with Crippen LogP contribution in [0.1, 0.15) is 40.0 Å². The molecule has 0 aromatic rings. The number of carboxylic acid groups (broad SMARTS) is 1. The lowest BCUT2D eigenvalue weighted by Gasteiger charge is -2.41. The highest BCUT2D eigenvalue weighted by molar-refractivity contribution is 5.68. The molecule has 0 spiro atoms. The second-order valence-corrected chi connectivity index (χ2v) is 6.38. The molecule has 5 heteroatoms. The molecule has 1 atom stereocenters. The van der Waals surface area contributed by atoms with Crippen molar-refractivity contribution in [1.29, 1.82) is 0 Å². The second kappa shape index (κ2) is 8.71. The smallest absolute Gasteiger partial charge is 0.317 e. The van der Waals surface area contributed by atoms with Crippen LogP contribution in [0, 0.1) is 5.41 Å². The minimum Gasteiger partial charge on any atom is -0.480 e. The maximum atomic E-state index is 10.7. The van der Waals surface area contributed by atoms with Gasteiger partial charge in [-0.1, -0.05) is 20.8 Å². The molecule has 1 unspecified atom stereocenters. The Labute approximate surface area is 129 Å². The molecule has 124 valence electrons. The third-order valence-corrected chi connectivity index (χ3v) is 4.95. The van der Waals surface area contributed by atoms with Crippen LogP contribution < -0.4 is 0 Å². The van der Waals surface area contributed by atoms with E-state index in [9.17, 15) is 4.79 Å². The number of carbonyl (C=O) groups is 1. The molecule has 21 heavy (non-hydrogen) atoms. The van der Waals surface area contributed by atoms with Gasteiger partial charge in [0.25, 0.3) is 0 Å². The monoisotopic (exact) mass is 300 g/mol. The van der Waals surface area contributed by atoms with Crippen LogP contribution in [0.2, 0.25) is 0 Å². The van der Waals surface area contributed by atoms with Gasteiger partial charge >= 0.3 is 5.97 Å². The van der Waals surface area contributed by atoms with E-state index in [-0.39, 0.29) is 12.6 Å². The van der Waals surface area contributed by atoms with Crippen molar-refractivity contribution in [2.24, 2.45) is 5.41 Å². The van der Waals surface area contributed by atoms with Crippen LogP contribution in [0.15, 0.2) is 0 Å². The number of aliphatic carboxylic acids is 1. The molecule has 0 aliphatic carbocycles. The van der Waals surface area contributed by atoms with Crippen LogP contribution in [0.25, 0.3) is 0 Å². The first-order valence-corrected chi connectivity index (χ1v) is 8.19. The van der Waals surface area contributed by atoms with Crippen LogP contribution in [-0.4, -0.2) is 73.4 Å². The molecule has 1 rings (SSSR count). The van der Waals surface area contributed by atoms with Crippen molar-refractivity contribution in [1.82, 2.24) is 9.80 Å². The van der Waals surface area contributed by atoms with Crippen molar-refractivity contribution in [2.45, 2.75) is 46.1 Å². The summed E-state index contributed by atoms with van der Waals surface area (Å²) in [5, 5.41) is 8.82. The van der Waals surface area contributed by atoms with E-state index < -0.39 is 5.97 Å². The first-order valence-electron chi connectivity index (χ1n) is 8.19. The number of ether oxygens (including phenoxy) is 1. The van der Waals surface area contributed by atoms with Gasteiger partial charge in [0.2, 0.25) is 0 Å². The first kappa shape index (κ1) is 18.4. The fourth-order valence-electron chi connectivity index (χ4n) is 3.24. The first-order chi connectivity index (χ1) is 9.94. The molecule has 0 aromatic heterocycles. The molecule has 1 saturated heterocycles. The molecule has 0 radical (unpaired) electrons. The molecule has 1 aliphatic rings. The van der Waals surface area contributed by atoms with Crippen LogP contribution >= 0.6 is 0 Å². The predicted octanol–water partition coefficient (Wildman–Crippen LogP) is 1.92. The number of morpholine rings is 1. The van der Waals surface area contributed by atoms with E-state index in [1.807, 2.05) is 11.9 Å². The lowest BCUT2D eigenvalue weighted by Crippen LogP contribution is -2.50. The minimum atomic E-state index is -0.785. The van der Waals surface area contributed by atoms with Crippen molar-refractivity contribution < 1.29 is 14.6 Å². The maximum absolute atomic E-state index is 10.7. The molecular formula is C16H32N2O3. The van der Waals surface area contributed by atoms with Gasteiger partial charge in [-0.15, -0.1) is 0 Å². The van der Waals surface area contributed by atoms with Crippen LogP contribution in [-0.2, 0) is 9.53 Å². The Morgan fingerprint density at radius 3 is 2.48 bits per heavy atom. The largest absolute Gasteiger partial charge is 0.480 e. The fraction of sp³-hybridized carbons (Fsp3) is 0.938. The van der Waals surface area contributed by atoms with E-state index in [4.69, 9.17) is 9.84 Å². The Kier molecular flexibility index (Phi) is 7.63. The molecule has 0 bridgehead atoms. The molecule has 0 saturated carbocycles. The zero-order valence-corrected chi connectivity index (χ0v) is 14.1. The van der Waals surface area contributed by atoms with Gasteiger partial charge in [0.05, 0.1) is 19.3 Å². The van der Waals surface area contributed by atoms with E-state index in [2.05, 4.69) is 25.7 Å². The Balaban J connectivity index is 2.50. The highest BCUT2D eigenvalue weighted by Gasteiger charge is 2.30. The van der Waals surface area contributed by atoms with Crippen LogP contribution in [0.4, 0.5) is 0 Å². The van der Waals surface area contributed by atoms with Gasteiger partial charge in [-0.05, 0) is 31.7 Å². The van der Waals surface area contributed by atoms with Gasteiger partial charge in [0, 0.05) is 26.2 Å². The molecule has 1 aliphatic heterocycles. The summed E-state index contributed by atoms with van der Waals surface area (Å²) >= 11 is 0. The summed E-state index contributed by atoms with van der Waals surface area (Å²) in [5.41, 5.74) is 0.412. The molecule has 1 N–H and O–H groups in total. The Morgan fingerprint density at radius 1 is 1.33 bits per heavy atom. The molecule has 1 fully saturated rings. The Bertz CT molecular complexity index is 310. The lowest BCUT2D eigenvalue weighted by molar-refractivity contribution is -0.138. The quantitative estimate of drug-likeness (QED) is 0.705. The average molecular weight is 300 g/mol. The molecule has 1 heterocycles. The molecule has 5 nitrogen and oxygen atoms in total. The Morgan fingerprint density at radius 2 is 1.95 bits per heavy atom. The van der Waals surface area contributed by atoms with Gasteiger partial charge in [0.15, 0.2) is 0 Å². The van der Waals surface area contributed by atoms with Crippen molar-refractivity contribution in [3.8, 4) is 0 Å². The number of likely N-dealkylation sites (N-methyl/N-ethyl adjacent to an activating group) is 1. The normalized spacial score (nSPS) is 20.9. The average Bonchev–Trinajstić information content (AvgIpc) is 2.44. The summed E-state index contributed by atoms with van der Waals surface area (Å²) in [6, 6.07) is 0. The fourth-order valence-corrected chi connectivity index (χ4v) is 3.24. The molecular weight excluding hydrogens is 268 g/mol. The summed E-state index contributed by atoms with van der Waals surface area (Å²) in [4.78, 5) is 15.0. The van der Waals surface area contributed by atoms with Crippen molar-refractivity contribution >= 4 is 5.97 Å². The van der Waals surface area contributed by atoms with Crippen LogP contribution in [0.5, 0.6) is 0 Å². The van der Waals surface area contributed by atoms with Gasteiger partial charge < -0.3 is 9.84 Å². The van der Waals surface area contributed by atoms with E-state index in [0.717, 1.165) is 26.2 Å². The second-order valence-electron chi connectivity index (χ2n) is 6.38. The van der Waals surface area contributed by atoms with E-state index in [0.29, 0.717) is 12.0 Å². The zero-order valence-electron chi connectivity index (χ0n) is 14.1. The van der Waals surface area contributed by atoms with Crippen molar-refractivity contribution in [3.63, 3.8) is 0 Å². The van der Waals surface area contributed by atoms with E-state index in [1.165, 1.54) is 19.3 Å². The molecule has 0 aromatic carbocycles. The topological polar surface area (TPSA) is 53.0 Å². The summed E-state index contributed by atoms with van der Waals surface area (Å²) in [7, 11) is 1.84. The van der Waals surface area contributed by atoms with Gasteiger partial charge in [-0.2, -0.15) is 0 Å². The van der Waals surface area contributed by atoms with Crippen molar-refractivity contribution in [2.75, 3.05) is 46.4 Å². The number of hydrogen-bond acceptors (Lipinski definition) is 4. The maximum Gasteiger partial charge on any atom is 0.317 e.